The second-order valence-electron chi connectivity index (χ2n) is 10.3. The van der Waals surface area contributed by atoms with Crippen molar-refractivity contribution in [3.63, 3.8) is 0 Å². The van der Waals surface area contributed by atoms with Crippen molar-refractivity contribution in [2.75, 3.05) is 6.61 Å². The van der Waals surface area contributed by atoms with Crippen LogP contribution in [-0.4, -0.2) is 65.0 Å². The Morgan fingerprint density at radius 1 is 0.609 bits per heavy atom. The number of rotatable bonds is 10. The van der Waals surface area contributed by atoms with Gasteiger partial charge in [-0.15, -0.1) is 0 Å². The standard InChI is InChI=1S/C33H31Cl3O10/c1-20(37)42-27-26(45-30(46-31(40)33(34,35)36)29(44-22(3)39)28(27)43-21(2)38)19-41-32(23-13-7-4-8-14-23,24-15-9-5-10-16-24)25-17-11-6-12-18-25/h4-18,26-30H,19H2,1-3H3/t26-,27-,28+,29-,30-/m1/s1. The average molecular weight is 694 g/mol. The number of carbonyl (C=O) groups excluding carboxylic acids is 4. The third kappa shape index (κ3) is 8.37. The molecular weight excluding hydrogens is 663 g/mol. The predicted octanol–water partition coefficient (Wildman–Crippen LogP) is 5.43. The van der Waals surface area contributed by atoms with Gasteiger partial charge in [-0.3, -0.25) is 14.4 Å². The van der Waals surface area contributed by atoms with E-state index in [-0.39, 0.29) is 6.61 Å². The van der Waals surface area contributed by atoms with E-state index in [1.165, 1.54) is 0 Å². The third-order valence-electron chi connectivity index (χ3n) is 6.96. The molecule has 1 fully saturated rings. The zero-order valence-electron chi connectivity index (χ0n) is 25.0. The first kappa shape index (κ1) is 35.2. The van der Waals surface area contributed by atoms with Crippen LogP contribution in [0.3, 0.4) is 0 Å². The quantitative estimate of drug-likeness (QED) is 0.118. The summed E-state index contributed by atoms with van der Waals surface area (Å²) in [6, 6.07) is 28.2. The summed E-state index contributed by atoms with van der Waals surface area (Å²) in [6.45, 7) is 2.97. The maximum absolute atomic E-state index is 12.7. The molecule has 3 aromatic rings. The average Bonchev–Trinajstić information content (AvgIpc) is 3.01. The Balaban J connectivity index is 1.85. The molecule has 13 heteroatoms. The molecule has 0 saturated carbocycles. The lowest BCUT2D eigenvalue weighted by Gasteiger charge is -2.45. The fraction of sp³-hybridized carbons (Fsp3) is 0.333. The summed E-state index contributed by atoms with van der Waals surface area (Å²) in [4.78, 5) is 49.5. The van der Waals surface area contributed by atoms with Crippen molar-refractivity contribution in [1.82, 2.24) is 0 Å². The minimum Gasteiger partial charge on any atom is -0.456 e. The van der Waals surface area contributed by atoms with E-state index < -0.39 is 64.0 Å². The Labute approximate surface area is 280 Å². The molecule has 3 aromatic carbocycles. The van der Waals surface area contributed by atoms with Crippen LogP contribution in [-0.2, 0) is 53.2 Å². The van der Waals surface area contributed by atoms with Crippen LogP contribution in [0.15, 0.2) is 91.0 Å². The molecule has 1 aliphatic heterocycles. The van der Waals surface area contributed by atoms with Crippen LogP contribution in [0.2, 0.25) is 0 Å². The molecule has 0 unspecified atom stereocenters. The summed E-state index contributed by atoms with van der Waals surface area (Å²) in [5.74, 6) is -3.80. The molecule has 10 nitrogen and oxygen atoms in total. The fourth-order valence-electron chi connectivity index (χ4n) is 5.23. The second kappa shape index (κ2) is 15.3. The molecule has 0 N–H and O–H groups in total. The van der Waals surface area contributed by atoms with Crippen LogP contribution in [0.5, 0.6) is 0 Å². The van der Waals surface area contributed by atoms with Crippen LogP contribution in [0.4, 0.5) is 0 Å². The molecule has 0 aliphatic carbocycles. The normalized spacial score (nSPS) is 21.5. The van der Waals surface area contributed by atoms with Gasteiger partial charge in [-0.1, -0.05) is 126 Å². The van der Waals surface area contributed by atoms with Crippen molar-refractivity contribution < 1.29 is 47.6 Å². The van der Waals surface area contributed by atoms with Gasteiger partial charge in [0.15, 0.2) is 12.2 Å². The van der Waals surface area contributed by atoms with Gasteiger partial charge in [-0.2, -0.15) is 0 Å². The van der Waals surface area contributed by atoms with E-state index in [2.05, 4.69) is 0 Å². The zero-order valence-corrected chi connectivity index (χ0v) is 27.2. The Kier molecular flexibility index (Phi) is 11.7. The molecule has 0 aromatic heterocycles. The van der Waals surface area contributed by atoms with Gasteiger partial charge in [0.25, 0.3) is 3.79 Å². The highest BCUT2D eigenvalue weighted by Gasteiger charge is 2.55. The van der Waals surface area contributed by atoms with Crippen molar-refractivity contribution in [2.45, 2.75) is 60.9 Å². The van der Waals surface area contributed by atoms with E-state index in [0.717, 1.165) is 37.5 Å². The number of hydrogen-bond donors (Lipinski definition) is 0. The van der Waals surface area contributed by atoms with Gasteiger partial charge in [0.1, 0.15) is 11.7 Å². The summed E-state index contributed by atoms with van der Waals surface area (Å²) < 4.78 is 32.2. The molecular formula is C33H31Cl3O10. The number of ether oxygens (including phenoxy) is 6. The smallest absolute Gasteiger partial charge is 0.360 e. The van der Waals surface area contributed by atoms with E-state index >= 15 is 0 Å². The third-order valence-corrected chi connectivity index (χ3v) is 7.42. The molecule has 5 atom stereocenters. The molecule has 1 heterocycles. The van der Waals surface area contributed by atoms with Crippen LogP contribution in [0, 0.1) is 0 Å². The lowest BCUT2D eigenvalue weighted by molar-refractivity contribution is -0.303. The maximum atomic E-state index is 12.7. The van der Waals surface area contributed by atoms with Crippen molar-refractivity contribution in [3.8, 4) is 0 Å². The van der Waals surface area contributed by atoms with Crippen molar-refractivity contribution in [1.29, 1.82) is 0 Å². The van der Waals surface area contributed by atoms with E-state index in [9.17, 15) is 19.2 Å². The summed E-state index contributed by atoms with van der Waals surface area (Å²) >= 11 is 17.2. The number of hydrogen-bond acceptors (Lipinski definition) is 10. The number of halogens is 3. The first-order valence-corrected chi connectivity index (χ1v) is 15.2. The van der Waals surface area contributed by atoms with E-state index in [1.54, 1.807) is 0 Å². The minimum atomic E-state index is -2.54. The molecule has 0 amide bonds. The molecule has 0 radical (unpaired) electrons. The van der Waals surface area contributed by atoms with Gasteiger partial charge in [0.05, 0.1) is 6.61 Å². The lowest BCUT2D eigenvalue weighted by Crippen LogP contribution is -2.63. The van der Waals surface area contributed by atoms with Crippen LogP contribution in [0.25, 0.3) is 0 Å². The highest BCUT2D eigenvalue weighted by molar-refractivity contribution is 6.75. The highest BCUT2D eigenvalue weighted by Crippen LogP contribution is 2.42. The monoisotopic (exact) mass is 692 g/mol. The number of benzene rings is 3. The molecule has 1 aliphatic rings. The van der Waals surface area contributed by atoms with E-state index in [1.807, 2.05) is 91.0 Å². The van der Waals surface area contributed by atoms with Crippen molar-refractivity contribution in [2.24, 2.45) is 0 Å². The van der Waals surface area contributed by atoms with E-state index in [0.29, 0.717) is 0 Å². The van der Waals surface area contributed by atoms with Gasteiger partial charge in [-0.25, -0.2) is 4.79 Å². The Morgan fingerprint density at radius 2 is 1.00 bits per heavy atom. The largest absolute Gasteiger partial charge is 0.456 e. The van der Waals surface area contributed by atoms with Crippen molar-refractivity contribution in [3.05, 3.63) is 108 Å². The van der Waals surface area contributed by atoms with Crippen LogP contribution < -0.4 is 0 Å². The molecule has 0 spiro atoms. The minimum absolute atomic E-state index is 0.344. The summed E-state index contributed by atoms with van der Waals surface area (Å²) in [5.41, 5.74) is 1.00. The van der Waals surface area contributed by atoms with Gasteiger partial charge in [-0.05, 0) is 16.7 Å². The molecule has 244 valence electrons. The Bertz CT molecular complexity index is 1400. The zero-order chi connectivity index (χ0) is 33.5. The second-order valence-corrected chi connectivity index (χ2v) is 12.5. The topological polar surface area (TPSA) is 124 Å². The summed E-state index contributed by atoms with van der Waals surface area (Å²) in [6.07, 6.45) is -7.63. The fourth-order valence-corrected chi connectivity index (χ4v) is 5.37. The number of alkyl halides is 3. The van der Waals surface area contributed by atoms with Gasteiger partial charge >= 0.3 is 23.9 Å². The van der Waals surface area contributed by atoms with Gasteiger partial charge in [0.2, 0.25) is 12.4 Å². The Morgan fingerprint density at radius 3 is 1.39 bits per heavy atom. The molecule has 1 saturated heterocycles. The highest BCUT2D eigenvalue weighted by atomic mass is 35.6. The van der Waals surface area contributed by atoms with Gasteiger partial charge in [0, 0.05) is 20.8 Å². The molecule has 4 rings (SSSR count). The van der Waals surface area contributed by atoms with Crippen LogP contribution >= 0.6 is 34.8 Å². The number of carbonyl (C=O) groups is 4. The number of esters is 4. The van der Waals surface area contributed by atoms with Crippen LogP contribution in [0.1, 0.15) is 37.5 Å². The Hall–Kier alpha value is -3.67. The van der Waals surface area contributed by atoms with E-state index in [4.69, 9.17) is 63.2 Å². The predicted molar refractivity (Wildman–Crippen MR) is 167 cm³/mol. The van der Waals surface area contributed by atoms with Crippen molar-refractivity contribution >= 4 is 58.7 Å². The maximum Gasteiger partial charge on any atom is 0.360 e. The SMILES string of the molecule is CC(=O)O[C@@H]1[C@@H](OC(C)=O)[C@@H](OC(=O)C(Cl)(Cl)Cl)O[C@H](COC(c2ccccc2)(c2ccccc2)c2ccccc2)[C@H]1OC(C)=O. The first-order valence-electron chi connectivity index (χ1n) is 14.1. The molecule has 46 heavy (non-hydrogen) atoms. The van der Waals surface area contributed by atoms with Gasteiger partial charge < -0.3 is 28.4 Å². The summed E-state index contributed by atoms with van der Waals surface area (Å²) in [7, 11) is 0. The lowest BCUT2D eigenvalue weighted by atomic mass is 9.80. The first-order chi connectivity index (χ1) is 21.8. The molecule has 0 bridgehead atoms. The summed E-state index contributed by atoms with van der Waals surface area (Å²) in [5, 5.41) is 0.